The summed E-state index contributed by atoms with van der Waals surface area (Å²) in [5, 5.41) is 16.8. The Labute approximate surface area is 212 Å². The molecule has 36 heavy (non-hydrogen) atoms. The highest BCUT2D eigenvalue weighted by Gasteiger charge is 2.33. The number of carbonyl (C=O) groups is 2. The van der Waals surface area contributed by atoms with Crippen molar-refractivity contribution >= 4 is 36.2 Å². The molecule has 0 bridgehead atoms. The van der Waals surface area contributed by atoms with E-state index < -0.39 is 18.5 Å². The molecule has 184 valence electrons. The average molecular weight is 482 g/mol. The number of rotatable bonds is 3. The van der Waals surface area contributed by atoms with Crippen LogP contribution in [0.2, 0.25) is 0 Å². The summed E-state index contributed by atoms with van der Waals surface area (Å²) >= 11 is 0. The van der Waals surface area contributed by atoms with Gasteiger partial charge < -0.3 is 5.02 Å². The lowest BCUT2D eigenvalue weighted by Gasteiger charge is -2.35. The molecule has 3 aromatic rings. The zero-order valence-electron chi connectivity index (χ0n) is 21.5. The lowest BCUT2D eigenvalue weighted by atomic mass is 9.69. The molecule has 0 saturated heterocycles. The van der Waals surface area contributed by atoms with Crippen LogP contribution in [0.1, 0.15) is 63.7 Å². The van der Waals surface area contributed by atoms with Gasteiger partial charge in [0.2, 0.25) is 0 Å². The van der Waals surface area contributed by atoms with E-state index in [4.69, 9.17) is 0 Å². The molecule has 8 heteroatoms. The topological polar surface area (TPSA) is 85.2 Å². The maximum Gasteiger partial charge on any atom is 0.471 e. The summed E-state index contributed by atoms with van der Waals surface area (Å²) in [6, 6.07) is 18.3. The molecule has 0 atom stereocenters. The van der Waals surface area contributed by atoms with Crippen molar-refractivity contribution in [2.24, 2.45) is 5.10 Å². The molecule has 7 nitrogen and oxygen atoms in total. The number of aryl methyl sites for hydroxylation is 3. The van der Waals surface area contributed by atoms with E-state index in [2.05, 4.69) is 10.5 Å². The Hall–Kier alpha value is -3.91. The van der Waals surface area contributed by atoms with Gasteiger partial charge in [-0.05, 0) is 89.0 Å². The van der Waals surface area contributed by atoms with Crippen LogP contribution in [0.5, 0.6) is 0 Å². The van der Waals surface area contributed by atoms with Crippen LogP contribution in [0.25, 0.3) is 0 Å². The normalized spacial score (nSPS) is 12.9. The third-order valence-electron chi connectivity index (χ3n) is 6.03. The molecule has 2 N–H and O–H groups in total. The molecular formula is C28H31BN4O3. The Balaban J connectivity index is 1.61. The first-order valence-corrected chi connectivity index (χ1v) is 11.9. The van der Waals surface area contributed by atoms with Crippen molar-refractivity contribution < 1.29 is 14.6 Å². The van der Waals surface area contributed by atoms with E-state index in [1.807, 2.05) is 84.0 Å². The van der Waals surface area contributed by atoms with Crippen LogP contribution in [-0.4, -0.2) is 40.7 Å². The smallest absolute Gasteiger partial charge is 0.427 e. The summed E-state index contributed by atoms with van der Waals surface area (Å²) in [5.74, 6) is -0.736. The molecule has 0 radical (unpaired) electrons. The van der Waals surface area contributed by atoms with Gasteiger partial charge >= 0.3 is 7.05 Å². The second-order valence-electron chi connectivity index (χ2n) is 10.3. The minimum atomic E-state index is -1.06. The molecule has 0 aliphatic carbocycles. The van der Waals surface area contributed by atoms with Gasteiger partial charge in [0.25, 0.3) is 11.8 Å². The number of hydrazone groups is 1. The molecule has 0 unspecified atom stereocenters. The van der Waals surface area contributed by atoms with Crippen molar-refractivity contribution in [3.05, 3.63) is 94.0 Å². The predicted octanol–water partition coefficient (Wildman–Crippen LogP) is 3.74. The van der Waals surface area contributed by atoms with E-state index in [0.717, 1.165) is 27.9 Å². The van der Waals surface area contributed by atoms with E-state index in [1.54, 1.807) is 24.4 Å². The van der Waals surface area contributed by atoms with Crippen LogP contribution in [0.15, 0.2) is 65.8 Å². The van der Waals surface area contributed by atoms with Crippen LogP contribution in [-0.2, 0) is 0 Å². The van der Waals surface area contributed by atoms with Crippen molar-refractivity contribution in [2.45, 2.75) is 47.1 Å². The van der Waals surface area contributed by atoms with E-state index in [-0.39, 0.29) is 5.91 Å². The molecule has 0 spiro atoms. The number of amides is 2. The standard InChI is InChI=1S/C28H31BN4O3/c1-18-7-11-24(12-8-18)33-29(36)25-16-21(9-10-22(25)17-30-33)26(34)31-32(28(4,5)6)27(35)23-14-19(2)13-20(3)15-23/h7-17,36H,1-6H3,(H,31,34). The fourth-order valence-corrected chi connectivity index (χ4v) is 4.20. The number of fused-ring (bicyclic) bond motifs is 1. The summed E-state index contributed by atoms with van der Waals surface area (Å²) in [6.07, 6.45) is 1.66. The molecule has 1 aliphatic heterocycles. The van der Waals surface area contributed by atoms with Gasteiger partial charge in [-0.25, -0.2) is 5.01 Å². The maximum absolute atomic E-state index is 13.4. The van der Waals surface area contributed by atoms with Crippen molar-refractivity contribution in [1.82, 2.24) is 10.4 Å². The SMILES string of the molecule is Cc1ccc(N2N=Cc3ccc(C(=O)NN(C(=O)c4cc(C)cc(C)c4)C(C)(C)C)cc3B2O)cc1. The van der Waals surface area contributed by atoms with Crippen molar-refractivity contribution in [3.63, 3.8) is 0 Å². The minimum Gasteiger partial charge on any atom is -0.427 e. The maximum atomic E-state index is 13.4. The van der Waals surface area contributed by atoms with Crippen molar-refractivity contribution in [2.75, 3.05) is 4.92 Å². The number of hydrogen-bond donors (Lipinski definition) is 2. The number of hydrogen-bond acceptors (Lipinski definition) is 5. The monoisotopic (exact) mass is 482 g/mol. The zero-order chi connectivity index (χ0) is 26.2. The van der Waals surface area contributed by atoms with Crippen molar-refractivity contribution in [3.8, 4) is 0 Å². The Bertz CT molecular complexity index is 1330. The van der Waals surface area contributed by atoms with Gasteiger partial charge in [0.1, 0.15) is 0 Å². The predicted molar refractivity (Wildman–Crippen MR) is 145 cm³/mol. The number of hydrazine groups is 1. The third kappa shape index (κ3) is 5.19. The number of anilines is 1. The van der Waals surface area contributed by atoms with E-state index >= 15 is 0 Å². The van der Waals surface area contributed by atoms with Crippen LogP contribution >= 0.6 is 0 Å². The summed E-state index contributed by atoms with van der Waals surface area (Å²) < 4.78 is 0. The Morgan fingerprint density at radius 2 is 1.53 bits per heavy atom. The highest BCUT2D eigenvalue weighted by molar-refractivity contribution is 6.71. The molecule has 3 aromatic carbocycles. The first-order chi connectivity index (χ1) is 16.9. The van der Waals surface area contributed by atoms with Gasteiger partial charge in [-0.3, -0.25) is 19.9 Å². The molecule has 1 heterocycles. The van der Waals surface area contributed by atoms with E-state index in [0.29, 0.717) is 16.6 Å². The number of nitrogens with zero attached hydrogens (tertiary/aromatic N) is 3. The first kappa shape index (κ1) is 25.2. The van der Waals surface area contributed by atoms with Crippen molar-refractivity contribution in [1.29, 1.82) is 0 Å². The van der Waals surface area contributed by atoms with Gasteiger partial charge in [0.05, 0.1) is 11.8 Å². The number of carbonyl (C=O) groups excluding carboxylic acids is 2. The highest BCUT2D eigenvalue weighted by Crippen LogP contribution is 2.21. The van der Waals surface area contributed by atoms with Gasteiger partial charge in [-0.1, -0.05) is 41.0 Å². The Morgan fingerprint density at radius 3 is 2.14 bits per heavy atom. The Morgan fingerprint density at radius 1 is 0.889 bits per heavy atom. The third-order valence-corrected chi connectivity index (χ3v) is 6.03. The fraction of sp³-hybridized carbons (Fsp3) is 0.250. The molecule has 0 fully saturated rings. The summed E-state index contributed by atoms with van der Waals surface area (Å²) in [4.78, 5) is 28.2. The molecule has 4 rings (SSSR count). The zero-order valence-corrected chi connectivity index (χ0v) is 21.5. The Kier molecular flexibility index (Phi) is 6.74. The fourth-order valence-electron chi connectivity index (χ4n) is 4.20. The molecular weight excluding hydrogens is 451 g/mol. The van der Waals surface area contributed by atoms with Crippen LogP contribution in [0, 0.1) is 20.8 Å². The van der Waals surface area contributed by atoms with Gasteiger partial charge in [-0.2, -0.15) is 5.10 Å². The van der Waals surface area contributed by atoms with Crippen LogP contribution < -0.4 is 15.8 Å². The summed E-state index contributed by atoms with van der Waals surface area (Å²) in [7, 11) is -1.06. The highest BCUT2D eigenvalue weighted by atomic mass is 16.2. The molecule has 2 amide bonds. The first-order valence-electron chi connectivity index (χ1n) is 11.9. The second kappa shape index (κ2) is 9.62. The largest absolute Gasteiger partial charge is 0.471 e. The lowest BCUT2D eigenvalue weighted by Crippen LogP contribution is -2.56. The van der Waals surface area contributed by atoms with Crippen LogP contribution in [0.3, 0.4) is 0 Å². The van der Waals surface area contributed by atoms with Gasteiger partial charge in [0.15, 0.2) is 0 Å². The molecule has 1 aliphatic rings. The van der Waals surface area contributed by atoms with Gasteiger partial charge in [0, 0.05) is 16.8 Å². The minimum absolute atomic E-state index is 0.293. The van der Waals surface area contributed by atoms with E-state index in [1.165, 1.54) is 9.93 Å². The van der Waals surface area contributed by atoms with E-state index in [9.17, 15) is 14.6 Å². The molecule has 0 saturated carbocycles. The number of benzene rings is 3. The van der Waals surface area contributed by atoms with Crippen LogP contribution in [0.4, 0.5) is 5.69 Å². The lowest BCUT2D eigenvalue weighted by molar-refractivity contribution is 0.0358. The summed E-state index contributed by atoms with van der Waals surface area (Å²) in [5.41, 5.74) is 8.03. The average Bonchev–Trinajstić information content (AvgIpc) is 2.81. The van der Waals surface area contributed by atoms with Gasteiger partial charge in [-0.15, -0.1) is 0 Å². The number of nitrogens with one attached hydrogen (secondary N) is 1. The second-order valence-corrected chi connectivity index (χ2v) is 10.3. The quantitative estimate of drug-likeness (QED) is 0.440. The summed E-state index contributed by atoms with van der Waals surface area (Å²) in [6.45, 7) is 11.4. The molecule has 0 aromatic heterocycles.